The average Bonchev–Trinajstić information content (AvgIpc) is 2.86. The lowest BCUT2D eigenvalue weighted by molar-refractivity contribution is -0.243. The van der Waals surface area contributed by atoms with Crippen molar-refractivity contribution >= 4 is 17.9 Å². The first-order chi connectivity index (χ1) is 13.1. The third-order valence-electron chi connectivity index (χ3n) is 7.14. The molecule has 3 fully saturated rings. The van der Waals surface area contributed by atoms with Gasteiger partial charge in [-0.05, 0) is 12.3 Å². The molecule has 0 bridgehead atoms. The molecule has 2 saturated heterocycles. The number of hydrogen-bond acceptors (Lipinski definition) is 7. The first kappa shape index (κ1) is 18.9. The van der Waals surface area contributed by atoms with Gasteiger partial charge in [-0.3, -0.25) is 0 Å². The number of ether oxygens (including phenoxy) is 2. The van der Waals surface area contributed by atoms with Crippen molar-refractivity contribution in [1.82, 2.24) is 0 Å². The van der Waals surface area contributed by atoms with Crippen LogP contribution in [0.15, 0.2) is 35.5 Å². The first-order valence-electron chi connectivity index (χ1n) is 9.15. The number of carboxylic acid groups (broad SMARTS) is 1. The summed E-state index contributed by atoms with van der Waals surface area (Å²) in [5.41, 5.74) is -3.13. The van der Waals surface area contributed by atoms with Crippen LogP contribution in [0.3, 0.4) is 0 Å². The van der Waals surface area contributed by atoms with Gasteiger partial charge in [-0.25, -0.2) is 14.4 Å². The van der Waals surface area contributed by atoms with Crippen LogP contribution >= 0.6 is 0 Å². The Hall–Kier alpha value is -2.45. The van der Waals surface area contributed by atoms with Crippen LogP contribution in [-0.2, 0) is 23.9 Å². The minimum absolute atomic E-state index is 0.0469. The first-order valence-corrected chi connectivity index (χ1v) is 9.15. The Labute approximate surface area is 161 Å². The molecule has 0 amide bonds. The maximum Gasteiger partial charge on any atom is 0.339 e. The van der Waals surface area contributed by atoms with Gasteiger partial charge in [-0.15, -0.1) is 0 Å². The molecule has 6 unspecified atom stereocenters. The number of carbonyl (C=O) groups excluding carboxylic acids is 2. The van der Waals surface area contributed by atoms with Crippen molar-refractivity contribution in [3.05, 3.63) is 35.5 Å². The number of aliphatic hydroxyl groups excluding tert-OH is 1. The molecule has 4 rings (SSSR count). The maximum absolute atomic E-state index is 12.9. The normalized spacial score (nSPS) is 44.2. The number of hydrogen-bond donors (Lipinski definition) is 3. The van der Waals surface area contributed by atoms with Crippen molar-refractivity contribution in [3.63, 3.8) is 0 Å². The zero-order valence-electron chi connectivity index (χ0n) is 15.5. The van der Waals surface area contributed by atoms with Crippen LogP contribution in [0.4, 0.5) is 0 Å². The van der Waals surface area contributed by atoms with Gasteiger partial charge in [0.05, 0.1) is 6.61 Å². The second-order valence-electron chi connectivity index (χ2n) is 8.42. The van der Waals surface area contributed by atoms with E-state index in [1.165, 1.54) is 0 Å². The van der Waals surface area contributed by atoms with Crippen molar-refractivity contribution in [2.75, 3.05) is 6.61 Å². The molecule has 1 saturated carbocycles. The van der Waals surface area contributed by atoms with Gasteiger partial charge in [-0.1, -0.05) is 32.1 Å². The SMILES string of the molecule is CC12C3=CC=CC1C1(C)CC(C(=CC(=O)O)CO)OC(=O)C1(O)CC2OC3=O. The molecule has 28 heavy (non-hydrogen) atoms. The van der Waals surface area contributed by atoms with E-state index in [1.54, 1.807) is 19.1 Å². The topological polar surface area (TPSA) is 130 Å². The minimum Gasteiger partial charge on any atom is -0.478 e. The Morgan fingerprint density at radius 1 is 1.29 bits per heavy atom. The molecule has 0 aromatic rings. The van der Waals surface area contributed by atoms with Crippen LogP contribution in [0, 0.1) is 16.7 Å². The van der Waals surface area contributed by atoms with Crippen LogP contribution in [0.25, 0.3) is 0 Å². The molecule has 3 N–H and O–H groups in total. The van der Waals surface area contributed by atoms with Gasteiger partial charge in [0.2, 0.25) is 0 Å². The molecule has 8 heteroatoms. The quantitative estimate of drug-likeness (QED) is 0.469. The summed E-state index contributed by atoms with van der Waals surface area (Å²) in [6.07, 6.45) is 4.45. The predicted molar refractivity (Wildman–Crippen MR) is 93.7 cm³/mol. The van der Waals surface area contributed by atoms with Crippen LogP contribution in [0.1, 0.15) is 26.7 Å². The number of fused-ring (bicyclic) bond motifs is 2. The van der Waals surface area contributed by atoms with Gasteiger partial charge >= 0.3 is 17.9 Å². The maximum atomic E-state index is 12.9. The average molecular weight is 390 g/mol. The number of carbonyl (C=O) groups is 3. The van der Waals surface area contributed by atoms with E-state index in [1.807, 2.05) is 13.0 Å². The van der Waals surface area contributed by atoms with E-state index in [4.69, 9.17) is 14.6 Å². The van der Waals surface area contributed by atoms with E-state index in [0.29, 0.717) is 5.57 Å². The molecule has 150 valence electrons. The molecule has 0 spiro atoms. The second kappa shape index (κ2) is 5.78. The zero-order valence-corrected chi connectivity index (χ0v) is 15.5. The molecular formula is C20H22O8. The van der Waals surface area contributed by atoms with Crippen molar-refractivity contribution in [1.29, 1.82) is 0 Å². The number of allylic oxidation sites excluding steroid dienone is 3. The van der Waals surface area contributed by atoms with Crippen molar-refractivity contribution in [3.8, 4) is 0 Å². The Kier molecular flexibility index (Phi) is 3.90. The summed E-state index contributed by atoms with van der Waals surface area (Å²) in [5.74, 6) is -3.04. The molecule has 2 aliphatic carbocycles. The highest BCUT2D eigenvalue weighted by atomic mass is 16.6. The molecule has 8 nitrogen and oxygen atoms in total. The lowest BCUT2D eigenvalue weighted by Crippen LogP contribution is -2.70. The van der Waals surface area contributed by atoms with Gasteiger partial charge in [0.1, 0.15) is 12.2 Å². The number of carboxylic acids is 1. The highest BCUT2D eigenvalue weighted by molar-refractivity contribution is 5.94. The molecule has 2 heterocycles. The van der Waals surface area contributed by atoms with Crippen LogP contribution < -0.4 is 0 Å². The smallest absolute Gasteiger partial charge is 0.339 e. The highest BCUT2D eigenvalue weighted by Gasteiger charge is 2.73. The van der Waals surface area contributed by atoms with Gasteiger partial charge in [0, 0.05) is 34.5 Å². The Balaban J connectivity index is 1.82. The van der Waals surface area contributed by atoms with E-state index in [-0.39, 0.29) is 18.4 Å². The van der Waals surface area contributed by atoms with E-state index < -0.39 is 59.1 Å². The fraction of sp³-hybridized carbons (Fsp3) is 0.550. The van der Waals surface area contributed by atoms with E-state index in [9.17, 15) is 24.6 Å². The molecule has 4 aliphatic rings. The standard InChI is InChI=1S/C20H22O8/c1-18-7-12(10(9-21)6-15(22)23)27-17(25)20(18,26)8-14-19(2)11(16(24)28-14)4-3-5-13(18)19/h3-6,12-14,21,26H,7-9H2,1-2H3,(H,22,23). The molecule has 6 atom stereocenters. The lowest BCUT2D eigenvalue weighted by atomic mass is 9.45. The van der Waals surface area contributed by atoms with Gasteiger partial charge in [0.25, 0.3) is 0 Å². The largest absolute Gasteiger partial charge is 0.478 e. The summed E-state index contributed by atoms with van der Waals surface area (Å²) in [4.78, 5) is 36.3. The summed E-state index contributed by atoms with van der Waals surface area (Å²) in [7, 11) is 0. The van der Waals surface area contributed by atoms with E-state index in [2.05, 4.69) is 0 Å². The summed E-state index contributed by atoms with van der Waals surface area (Å²) in [5, 5.41) is 30.1. The fourth-order valence-corrected chi connectivity index (χ4v) is 5.54. The third kappa shape index (κ3) is 2.15. The summed E-state index contributed by atoms with van der Waals surface area (Å²) >= 11 is 0. The summed E-state index contributed by atoms with van der Waals surface area (Å²) in [6, 6.07) is 0. The predicted octanol–water partition coefficient (Wildman–Crippen LogP) is 0.490. The number of cyclic esters (lactones) is 1. The Bertz CT molecular complexity index is 869. The molecule has 0 radical (unpaired) electrons. The van der Waals surface area contributed by atoms with Gasteiger partial charge in [-0.2, -0.15) is 0 Å². The van der Waals surface area contributed by atoms with Crippen LogP contribution in [0.5, 0.6) is 0 Å². The molecule has 0 aromatic heterocycles. The van der Waals surface area contributed by atoms with Gasteiger partial charge < -0.3 is 24.8 Å². The number of aliphatic hydroxyl groups is 2. The molecule has 2 aliphatic heterocycles. The Morgan fingerprint density at radius 3 is 2.64 bits per heavy atom. The van der Waals surface area contributed by atoms with Crippen LogP contribution in [0.2, 0.25) is 0 Å². The molecule has 0 aromatic carbocycles. The lowest BCUT2D eigenvalue weighted by Gasteiger charge is -2.61. The van der Waals surface area contributed by atoms with Crippen molar-refractivity contribution in [2.24, 2.45) is 16.7 Å². The number of rotatable bonds is 3. The zero-order chi connectivity index (χ0) is 20.5. The van der Waals surface area contributed by atoms with Gasteiger partial charge in [0.15, 0.2) is 5.60 Å². The number of esters is 2. The number of aliphatic carboxylic acids is 1. The third-order valence-corrected chi connectivity index (χ3v) is 7.14. The highest BCUT2D eigenvalue weighted by Crippen LogP contribution is 2.66. The van der Waals surface area contributed by atoms with Crippen molar-refractivity contribution in [2.45, 2.75) is 44.5 Å². The van der Waals surface area contributed by atoms with Crippen LogP contribution in [-0.4, -0.2) is 57.6 Å². The van der Waals surface area contributed by atoms with E-state index >= 15 is 0 Å². The Morgan fingerprint density at radius 2 is 2.00 bits per heavy atom. The van der Waals surface area contributed by atoms with E-state index in [0.717, 1.165) is 6.08 Å². The summed E-state index contributed by atoms with van der Waals surface area (Å²) < 4.78 is 10.9. The summed E-state index contributed by atoms with van der Waals surface area (Å²) in [6.45, 7) is 3.05. The second-order valence-corrected chi connectivity index (χ2v) is 8.42. The van der Waals surface area contributed by atoms with Crippen molar-refractivity contribution < 1.29 is 39.2 Å². The minimum atomic E-state index is -1.90. The fourth-order valence-electron chi connectivity index (χ4n) is 5.54. The monoisotopic (exact) mass is 390 g/mol. The molecular weight excluding hydrogens is 368 g/mol.